The first-order valence-corrected chi connectivity index (χ1v) is 6.13. The maximum atomic E-state index is 11.4. The predicted octanol–water partition coefficient (Wildman–Crippen LogP) is 0.258. The molecule has 1 saturated heterocycles. The van der Waals surface area contributed by atoms with Gasteiger partial charge in [-0.05, 0) is 6.42 Å². The molecule has 0 aliphatic carbocycles. The Morgan fingerprint density at radius 1 is 1.35 bits per heavy atom. The molecular formula is C10H13NO5S. The summed E-state index contributed by atoms with van der Waals surface area (Å²) in [4.78, 5) is 45.3. The molecule has 1 rings (SSSR count). The van der Waals surface area contributed by atoms with Crippen LogP contribution in [0.4, 0.5) is 0 Å². The molecule has 0 saturated carbocycles. The highest BCUT2D eigenvalue weighted by Crippen LogP contribution is 2.19. The molecule has 17 heavy (non-hydrogen) atoms. The Labute approximate surface area is 102 Å². The number of imide groups is 1. The van der Waals surface area contributed by atoms with Gasteiger partial charge in [-0.15, -0.1) is 0 Å². The normalized spacial score (nSPS) is 17.4. The summed E-state index contributed by atoms with van der Waals surface area (Å²) in [5.41, 5.74) is 0. The van der Waals surface area contributed by atoms with Crippen LogP contribution in [0.3, 0.4) is 0 Å². The van der Waals surface area contributed by atoms with Crippen LogP contribution in [-0.2, 0) is 19.2 Å². The number of amides is 2. The minimum atomic E-state index is -1.21. The van der Waals surface area contributed by atoms with Gasteiger partial charge in [-0.1, -0.05) is 11.8 Å². The number of hydrogen-bond donors (Lipinski definition) is 1. The Hall–Kier alpha value is -1.37. The molecule has 1 aliphatic heterocycles. The second-order valence-electron chi connectivity index (χ2n) is 3.64. The molecule has 1 heterocycles. The Kier molecular flexibility index (Phi) is 4.68. The van der Waals surface area contributed by atoms with E-state index < -0.39 is 23.8 Å². The van der Waals surface area contributed by atoms with Gasteiger partial charge in [0.2, 0.25) is 11.8 Å². The zero-order valence-electron chi connectivity index (χ0n) is 9.34. The molecule has 0 bridgehead atoms. The lowest BCUT2D eigenvalue weighted by Gasteiger charge is -2.21. The van der Waals surface area contributed by atoms with Gasteiger partial charge in [0.1, 0.15) is 6.04 Å². The van der Waals surface area contributed by atoms with Crippen molar-refractivity contribution in [1.82, 2.24) is 4.90 Å². The van der Waals surface area contributed by atoms with Crippen molar-refractivity contribution in [3.8, 4) is 0 Å². The van der Waals surface area contributed by atoms with Crippen molar-refractivity contribution in [3.63, 3.8) is 0 Å². The molecule has 6 nitrogen and oxygen atoms in total. The van der Waals surface area contributed by atoms with E-state index in [0.29, 0.717) is 0 Å². The first-order chi connectivity index (χ1) is 7.93. The largest absolute Gasteiger partial charge is 0.480 e. The monoisotopic (exact) mass is 259 g/mol. The molecule has 0 spiro atoms. The molecule has 0 aromatic heterocycles. The second kappa shape index (κ2) is 5.81. The summed E-state index contributed by atoms with van der Waals surface area (Å²) in [5.74, 6) is -1.83. The molecule has 2 amide bonds. The maximum absolute atomic E-state index is 11.4. The summed E-state index contributed by atoms with van der Waals surface area (Å²) < 4.78 is 0. The quantitative estimate of drug-likeness (QED) is 0.712. The number of rotatable bonds is 5. The van der Waals surface area contributed by atoms with Crippen molar-refractivity contribution in [2.24, 2.45) is 0 Å². The number of likely N-dealkylation sites (tertiary alicyclic amines) is 1. The van der Waals surface area contributed by atoms with Crippen LogP contribution in [-0.4, -0.2) is 44.7 Å². The van der Waals surface area contributed by atoms with Gasteiger partial charge in [-0.2, -0.15) is 0 Å². The van der Waals surface area contributed by atoms with E-state index in [4.69, 9.17) is 5.11 Å². The zero-order chi connectivity index (χ0) is 13.0. The van der Waals surface area contributed by atoms with Crippen molar-refractivity contribution in [1.29, 1.82) is 0 Å². The average molecular weight is 259 g/mol. The zero-order valence-corrected chi connectivity index (χ0v) is 10.2. The highest BCUT2D eigenvalue weighted by Gasteiger charge is 2.38. The number of carboxylic acids is 1. The Morgan fingerprint density at radius 2 is 1.88 bits per heavy atom. The molecule has 1 fully saturated rings. The van der Waals surface area contributed by atoms with Crippen molar-refractivity contribution >= 4 is 34.7 Å². The standard InChI is InChI=1S/C10H13NO5S/c1-6(12)17-5-4-7(10(15)16)11-8(13)2-3-9(11)14/h7H,2-5H2,1H3,(H,15,16). The van der Waals surface area contributed by atoms with Gasteiger partial charge in [0.25, 0.3) is 0 Å². The smallest absolute Gasteiger partial charge is 0.326 e. The minimum Gasteiger partial charge on any atom is -0.480 e. The van der Waals surface area contributed by atoms with Crippen LogP contribution >= 0.6 is 11.8 Å². The van der Waals surface area contributed by atoms with Crippen LogP contribution in [0.2, 0.25) is 0 Å². The topological polar surface area (TPSA) is 91.8 Å². The summed E-state index contributed by atoms with van der Waals surface area (Å²) >= 11 is 0.987. The van der Waals surface area contributed by atoms with Gasteiger partial charge in [0, 0.05) is 25.5 Å². The molecular weight excluding hydrogens is 246 g/mol. The third-order valence-electron chi connectivity index (χ3n) is 2.38. The SMILES string of the molecule is CC(=O)SCCC(C(=O)O)N1C(=O)CCC1=O. The van der Waals surface area contributed by atoms with Crippen molar-refractivity contribution in [3.05, 3.63) is 0 Å². The molecule has 1 atom stereocenters. The summed E-state index contributed by atoms with van der Waals surface area (Å²) in [5, 5.41) is 8.88. The van der Waals surface area contributed by atoms with Crippen molar-refractivity contribution in [2.45, 2.75) is 32.2 Å². The number of aliphatic carboxylic acids is 1. The molecule has 7 heteroatoms. The lowest BCUT2D eigenvalue weighted by atomic mass is 10.2. The lowest BCUT2D eigenvalue weighted by Crippen LogP contribution is -2.44. The summed E-state index contributed by atoms with van der Waals surface area (Å²) in [6.45, 7) is 1.38. The van der Waals surface area contributed by atoms with E-state index in [1.54, 1.807) is 0 Å². The second-order valence-corrected chi connectivity index (χ2v) is 4.91. The van der Waals surface area contributed by atoms with Gasteiger partial charge >= 0.3 is 5.97 Å². The van der Waals surface area contributed by atoms with Crippen LogP contribution in [0, 0.1) is 0 Å². The van der Waals surface area contributed by atoms with E-state index in [1.807, 2.05) is 0 Å². The maximum Gasteiger partial charge on any atom is 0.326 e. The number of nitrogens with zero attached hydrogens (tertiary/aromatic N) is 1. The van der Waals surface area contributed by atoms with Gasteiger partial charge in [0.05, 0.1) is 0 Å². The van der Waals surface area contributed by atoms with Gasteiger partial charge in [-0.3, -0.25) is 19.3 Å². The van der Waals surface area contributed by atoms with Crippen LogP contribution in [0.25, 0.3) is 0 Å². The minimum absolute atomic E-state index is 0.0719. The average Bonchev–Trinajstić information content (AvgIpc) is 2.54. The fraction of sp³-hybridized carbons (Fsp3) is 0.600. The van der Waals surface area contributed by atoms with E-state index in [2.05, 4.69) is 0 Å². The molecule has 94 valence electrons. The summed E-state index contributed by atoms with van der Waals surface area (Å²) in [6, 6.07) is -1.15. The van der Waals surface area contributed by atoms with Crippen LogP contribution < -0.4 is 0 Å². The summed E-state index contributed by atoms with van der Waals surface area (Å²) in [6.07, 6.45) is 0.238. The van der Waals surface area contributed by atoms with E-state index in [0.717, 1.165) is 16.7 Å². The van der Waals surface area contributed by atoms with E-state index >= 15 is 0 Å². The Morgan fingerprint density at radius 3 is 2.29 bits per heavy atom. The van der Waals surface area contributed by atoms with E-state index in [9.17, 15) is 19.2 Å². The lowest BCUT2D eigenvalue weighted by molar-refractivity contribution is -0.154. The Bertz CT molecular complexity index is 352. The first kappa shape index (κ1) is 13.7. The molecule has 1 N–H and O–H groups in total. The highest BCUT2D eigenvalue weighted by molar-refractivity contribution is 8.13. The number of carbonyl (C=O) groups is 4. The Balaban J connectivity index is 2.65. The van der Waals surface area contributed by atoms with Crippen LogP contribution in [0.5, 0.6) is 0 Å². The van der Waals surface area contributed by atoms with Gasteiger partial charge < -0.3 is 5.11 Å². The third-order valence-corrected chi connectivity index (χ3v) is 3.23. The molecule has 0 aromatic rings. The van der Waals surface area contributed by atoms with E-state index in [1.165, 1.54) is 6.92 Å². The van der Waals surface area contributed by atoms with Crippen molar-refractivity contribution < 1.29 is 24.3 Å². The number of hydrogen-bond acceptors (Lipinski definition) is 5. The predicted molar refractivity (Wildman–Crippen MR) is 60.3 cm³/mol. The van der Waals surface area contributed by atoms with Crippen LogP contribution in [0.15, 0.2) is 0 Å². The van der Waals surface area contributed by atoms with Gasteiger partial charge in [0.15, 0.2) is 5.12 Å². The third kappa shape index (κ3) is 3.55. The molecule has 1 aliphatic rings. The first-order valence-electron chi connectivity index (χ1n) is 5.14. The fourth-order valence-corrected chi connectivity index (χ4v) is 2.25. The molecule has 1 unspecified atom stereocenters. The van der Waals surface area contributed by atoms with E-state index in [-0.39, 0.29) is 30.1 Å². The highest BCUT2D eigenvalue weighted by atomic mass is 32.2. The van der Waals surface area contributed by atoms with Gasteiger partial charge in [-0.25, -0.2) is 4.79 Å². The number of carbonyl (C=O) groups excluding carboxylic acids is 3. The van der Waals surface area contributed by atoms with Crippen molar-refractivity contribution in [2.75, 3.05) is 5.75 Å². The molecule has 0 aromatic carbocycles. The fourth-order valence-electron chi connectivity index (χ4n) is 1.62. The summed E-state index contributed by atoms with van der Waals surface area (Å²) in [7, 11) is 0. The number of thioether (sulfide) groups is 1. The van der Waals surface area contributed by atoms with Crippen LogP contribution in [0.1, 0.15) is 26.2 Å². The molecule has 0 radical (unpaired) electrons. The number of carboxylic acid groups (broad SMARTS) is 1.